The van der Waals surface area contributed by atoms with Crippen LogP contribution in [0.2, 0.25) is 10.0 Å². The first-order chi connectivity index (χ1) is 16.3. The van der Waals surface area contributed by atoms with Crippen LogP contribution in [0.4, 0.5) is 0 Å². The third-order valence-electron chi connectivity index (χ3n) is 4.88. The summed E-state index contributed by atoms with van der Waals surface area (Å²) >= 11 is 19.0. The molecule has 0 saturated carbocycles. The zero-order chi connectivity index (χ0) is 24.2. The molecule has 5 nitrogen and oxygen atoms in total. The summed E-state index contributed by atoms with van der Waals surface area (Å²) in [5.41, 5.74) is 4.18. The number of phenols is 1. The minimum Gasteiger partial charge on any atom is -0.507 e. The number of nitrogens with one attached hydrogen (secondary N) is 1. The predicted molar refractivity (Wildman–Crippen MR) is 143 cm³/mol. The number of phenolic OH excluding ortho intramolecular Hbond substituents is 1. The summed E-state index contributed by atoms with van der Waals surface area (Å²) in [7, 11) is 0. The predicted octanol–water partition coefficient (Wildman–Crippen LogP) is 7.72. The van der Waals surface area contributed by atoms with Crippen molar-refractivity contribution in [1.29, 1.82) is 0 Å². The number of fused-ring (bicyclic) bond motifs is 1. The highest BCUT2D eigenvalue weighted by Crippen LogP contribution is 2.35. The van der Waals surface area contributed by atoms with Crippen molar-refractivity contribution in [3.8, 4) is 11.5 Å². The van der Waals surface area contributed by atoms with E-state index < -0.39 is 5.91 Å². The molecule has 0 fully saturated rings. The zero-order valence-corrected chi connectivity index (χ0v) is 22.0. The average molecular weight is 623 g/mol. The summed E-state index contributed by atoms with van der Waals surface area (Å²) in [5.74, 6) is -0.0204. The quantitative estimate of drug-likeness (QED) is 0.171. The van der Waals surface area contributed by atoms with Crippen LogP contribution in [0.25, 0.3) is 10.8 Å². The maximum Gasteiger partial charge on any atom is 0.275 e. The highest BCUT2D eigenvalue weighted by molar-refractivity contribution is 9.11. The molecule has 4 rings (SSSR count). The summed E-state index contributed by atoms with van der Waals surface area (Å²) in [6.07, 6.45) is 1.49. The molecule has 0 spiro atoms. The fraction of sp³-hybridized carbons (Fsp3) is 0.0400. The Morgan fingerprint density at radius 2 is 1.65 bits per heavy atom. The number of amides is 1. The van der Waals surface area contributed by atoms with Gasteiger partial charge in [-0.2, -0.15) is 5.10 Å². The fourth-order valence-corrected chi connectivity index (χ4v) is 4.98. The van der Waals surface area contributed by atoms with Gasteiger partial charge in [-0.1, -0.05) is 53.5 Å². The van der Waals surface area contributed by atoms with Crippen molar-refractivity contribution >= 4 is 78.0 Å². The van der Waals surface area contributed by atoms with Crippen molar-refractivity contribution in [2.24, 2.45) is 5.10 Å². The van der Waals surface area contributed by atoms with E-state index in [2.05, 4.69) is 42.4 Å². The number of hydrogen-bond acceptors (Lipinski definition) is 4. The Morgan fingerprint density at radius 3 is 2.32 bits per heavy atom. The maximum atomic E-state index is 12.5. The Labute approximate surface area is 222 Å². The van der Waals surface area contributed by atoms with Crippen LogP contribution in [0.3, 0.4) is 0 Å². The van der Waals surface area contributed by atoms with Crippen molar-refractivity contribution in [3.63, 3.8) is 0 Å². The molecule has 0 heterocycles. The molecule has 9 heteroatoms. The fourth-order valence-electron chi connectivity index (χ4n) is 3.21. The molecule has 2 N–H and O–H groups in total. The van der Waals surface area contributed by atoms with E-state index in [0.29, 0.717) is 36.9 Å². The molecule has 4 aromatic carbocycles. The molecule has 0 atom stereocenters. The first-order valence-electron chi connectivity index (χ1n) is 9.93. The van der Waals surface area contributed by atoms with Gasteiger partial charge in [0.2, 0.25) is 0 Å². The number of carbonyl (C=O) groups excluding carboxylic acids is 1. The second-order valence-electron chi connectivity index (χ2n) is 7.27. The van der Waals surface area contributed by atoms with Crippen molar-refractivity contribution in [3.05, 3.63) is 102 Å². The number of carbonyl (C=O) groups is 1. The number of halogens is 4. The Kier molecular flexibility index (Phi) is 7.78. The summed E-state index contributed by atoms with van der Waals surface area (Å²) in [6, 6.07) is 19.6. The van der Waals surface area contributed by atoms with Gasteiger partial charge in [0.15, 0.2) is 0 Å². The SMILES string of the molecule is O=C(NN=Cc1cc(Br)c(OCc2ccc(Cl)c(Cl)c2)c(Br)c1)c1cc2ccccc2cc1O. The van der Waals surface area contributed by atoms with E-state index in [9.17, 15) is 9.90 Å². The molecule has 4 aromatic rings. The van der Waals surface area contributed by atoms with E-state index in [1.165, 1.54) is 6.21 Å². The van der Waals surface area contributed by atoms with Crippen LogP contribution in [0.5, 0.6) is 11.5 Å². The van der Waals surface area contributed by atoms with E-state index >= 15 is 0 Å². The molecular formula is C25H16Br2Cl2N2O3. The lowest BCUT2D eigenvalue weighted by Crippen LogP contribution is -2.17. The molecule has 172 valence electrons. The summed E-state index contributed by atoms with van der Waals surface area (Å²) < 4.78 is 7.31. The summed E-state index contributed by atoms with van der Waals surface area (Å²) in [6.45, 7) is 0.298. The highest BCUT2D eigenvalue weighted by Gasteiger charge is 2.13. The minimum absolute atomic E-state index is 0.111. The van der Waals surface area contributed by atoms with Crippen molar-refractivity contribution in [1.82, 2.24) is 5.43 Å². The largest absolute Gasteiger partial charge is 0.507 e. The molecule has 0 aliphatic heterocycles. The lowest BCUT2D eigenvalue weighted by Gasteiger charge is -2.12. The Bertz CT molecular complexity index is 1400. The molecular weight excluding hydrogens is 607 g/mol. The van der Waals surface area contributed by atoms with Gasteiger partial charge in [0.25, 0.3) is 5.91 Å². The van der Waals surface area contributed by atoms with Gasteiger partial charge in [-0.3, -0.25) is 4.79 Å². The third kappa shape index (κ3) is 5.73. The smallest absolute Gasteiger partial charge is 0.275 e. The first-order valence-corrected chi connectivity index (χ1v) is 12.3. The molecule has 0 bridgehead atoms. The van der Waals surface area contributed by atoms with Crippen molar-refractivity contribution < 1.29 is 14.6 Å². The number of ether oxygens (including phenoxy) is 1. The van der Waals surface area contributed by atoms with E-state index in [0.717, 1.165) is 16.3 Å². The maximum absolute atomic E-state index is 12.5. The Morgan fingerprint density at radius 1 is 0.971 bits per heavy atom. The number of hydrazone groups is 1. The molecule has 1 amide bonds. The number of hydrogen-bond donors (Lipinski definition) is 2. The molecule has 0 aromatic heterocycles. The van der Waals surface area contributed by atoms with Crippen LogP contribution in [-0.2, 0) is 6.61 Å². The second kappa shape index (κ2) is 10.8. The zero-order valence-electron chi connectivity index (χ0n) is 17.4. The van der Waals surface area contributed by atoms with E-state index in [-0.39, 0.29) is 11.3 Å². The van der Waals surface area contributed by atoms with Gasteiger partial charge < -0.3 is 9.84 Å². The van der Waals surface area contributed by atoms with Crippen LogP contribution in [0.1, 0.15) is 21.5 Å². The van der Waals surface area contributed by atoms with Gasteiger partial charge in [-0.15, -0.1) is 0 Å². The molecule has 0 unspecified atom stereocenters. The molecule has 0 radical (unpaired) electrons. The average Bonchev–Trinajstić information content (AvgIpc) is 2.80. The van der Waals surface area contributed by atoms with Crippen LogP contribution < -0.4 is 10.2 Å². The van der Waals surface area contributed by atoms with Crippen LogP contribution in [0, 0.1) is 0 Å². The topological polar surface area (TPSA) is 70.9 Å². The Hall–Kier alpha value is -2.58. The Balaban J connectivity index is 1.43. The van der Waals surface area contributed by atoms with E-state index in [1.807, 2.05) is 30.3 Å². The number of rotatable bonds is 6. The minimum atomic E-state index is -0.515. The molecule has 34 heavy (non-hydrogen) atoms. The third-order valence-corrected chi connectivity index (χ3v) is 6.79. The highest BCUT2D eigenvalue weighted by atomic mass is 79.9. The van der Waals surface area contributed by atoms with Gasteiger partial charge in [0.05, 0.1) is 30.8 Å². The lowest BCUT2D eigenvalue weighted by molar-refractivity contribution is 0.0952. The van der Waals surface area contributed by atoms with E-state index in [1.54, 1.807) is 36.4 Å². The number of benzene rings is 4. The van der Waals surface area contributed by atoms with Crippen LogP contribution >= 0.6 is 55.1 Å². The molecule has 0 saturated heterocycles. The number of aromatic hydroxyl groups is 1. The first kappa shape index (κ1) is 24.5. The standard InChI is InChI=1S/C25H16Br2Cl2N2O3/c26-19-7-15(8-20(27)24(19)34-13-14-5-6-21(28)22(29)9-14)12-30-31-25(33)18-10-16-3-1-2-4-17(16)11-23(18)32/h1-12,32H,13H2,(H,31,33). The number of nitrogens with zero attached hydrogens (tertiary/aromatic N) is 1. The van der Waals surface area contributed by atoms with Crippen LogP contribution in [0.15, 0.2) is 80.8 Å². The van der Waals surface area contributed by atoms with Gasteiger partial charge in [-0.25, -0.2) is 5.43 Å². The van der Waals surface area contributed by atoms with Gasteiger partial charge in [-0.05, 0) is 90.2 Å². The molecule has 0 aliphatic carbocycles. The van der Waals surface area contributed by atoms with Gasteiger partial charge in [0.1, 0.15) is 18.1 Å². The second-order valence-corrected chi connectivity index (χ2v) is 9.79. The van der Waals surface area contributed by atoms with Crippen molar-refractivity contribution in [2.45, 2.75) is 6.61 Å². The summed E-state index contributed by atoms with van der Waals surface area (Å²) in [5, 5.41) is 16.9. The summed E-state index contributed by atoms with van der Waals surface area (Å²) in [4.78, 5) is 12.5. The van der Waals surface area contributed by atoms with Gasteiger partial charge >= 0.3 is 0 Å². The van der Waals surface area contributed by atoms with E-state index in [4.69, 9.17) is 27.9 Å². The normalized spacial score (nSPS) is 11.2. The lowest BCUT2D eigenvalue weighted by atomic mass is 10.1. The van der Waals surface area contributed by atoms with Crippen LogP contribution in [-0.4, -0.2) is 17.2 Å². The van der Waals surface area contributed by atoms with Gasteiger partial charge in [0, 0.05) is 0 Å². The molecule has 0 aliphatic rings. The van der Waals surface area contributed by atoms with Crippen molar-refractivity contribution in [2.75, 3.05) is 0 Å². The monoisotopic (exact) mass is 620 g/mol.